The van der Waals surface area contributed by atoms with E-state index in [1.165, 1.54) is 48.5 Å². The fraction of sp³-hybridized carbons (Fsp3) is 0.0870. The van der Waals surface area contributed by atoms with E-state index in [1.54, 1.807) is 25.1 Å². The lowest BCUT2D eigenvalue weighted by Gasteiger charge is -2.06. The molecule has 0 saturated heterocycles. The van der Waals surface area contributed by atoms with Crippen LogP contribution in [0.3, 0.4) is 0 Å². The van der Waals surface area contributed by atoms with Gasteiger partial charge in [0.2, 0.25) is 0 Å². The number of hydrogen-bond donors (Lipinski definition) is 1. The number of carbonyl (C=O) groups excluding carboxylic acids is 2. The van der Waals surface area contributed by atoms with Crippen LogP contribution in [0.1, 0.15) is 23.0 Å². The normalized spacial score (nSPS) is 10.8. The third kappa shape index (κ3) is 5.25. The molecule has 0 aliphatic rings. The fourth-order valence-electron chi connectivity index (χ4n) is 2.75. The number of nitrogens with zero attached hydrogens (tertiary/aromatic N) is 2. The molecule has 160 valence electrons. The number of hydrogen-bond acceptors (Lipinski definition) is 7. The average molecular weight is 431 g/mol. The molecule has 1 aromatic heterocycles. The molecular weight excluding hydrogens is 414 g/mol. The molecule has 1 amide bonds. The zero-order valence-corrected chi connectivity index (χ0v) is 16.9. The van der Waals surface area contributed by atoms with Gasteiger partial charge in [0, 0.05) is 29.5 Å². The van der Waals surface area contributed by atoms with Crippen molar-refractivity contribution in [2.45, 2.75) is 6.92 Å². The molecular formula is C23H17N3O6. The van der Waals surface area contributed by atoms with Crippen LogP contribution in [0.25, 0.3) is 17.4 Å². The lowest BCUT2D eigenvalue weighted by atomic mass is 10.1. The maximum absolute atomic E-state index is 12.5. The summed E-state index contributed by atoms with van der Waals surface area (Å²) in [5, 5.41) is 22.9. The molecule has 1 N–H and O–H groups in total. The molecule has 0 spiro atoms. The maximum atomic E-state index is 12.5. The molecule has 0 atom stereocenters. The zero-order valence-electron chi connectivity index (χ0n) is 16.9. The van der Waals surface area contributed by atoms with Crippen molar-refractivity contribution in [1.29, 1.82) is 5.26 Å². The molecule has 1 heterocycles. The molecule has 9 nitrogen and oxygen atoms in total. The minimum atomic E-state index is -0.662. The quantitative estimate of drug-likeness (QED) is 0.190. The highest BCUT2D eigenvalue weighted by molar-refractivity contribution is 6.09. The molecule has 0 fully saturated rings. The first kappa shape index (κ1) is 22.0. The molecule has 0 saturated carbocycles. The number of ether oxygens (including phenoxy) is 1. The first-order valence-corrected chi connectivity index (χ1v) is 9.46. The van der Waals surface area contributed by atoms with E-state index in [0.29, 0.717) is 22.6 Å². The Balaban J connectivity index is 1.74. The van der Waals surface area contributed by atoms with Crippen LogP contribution in [0.4, 0.5) is 11.4 Å². The summed E-state index contributed by atoms with van der Waals surface area (Å²) in [6, 6.07) is 16.9. The van der Waals surface area contributed by atoms with Crippen LogP contribution in [0, 0.1) is 21.4 Å². The number of furan rings is 1. The van der Waals surface area contributed by atoms with Gasteiger partial charge in [-0.25, -0.2) is 4.79 Å². The minimum Gasteiger partial charge on any atom is -0.462 e. The Morgan fingerprint density at radius 1 is 1.19 bits per heavy atom. The minimum absolute atomic E-state index is 0.0814. The molecule has 0 radical (unpaired) electrons. The number of benzene rings is 2. The third-order valence-electron chi connectivity index (χ3n) is 4.27. The number of amides is 1. The first-order valence-electron chi connectivity index (χ1n) is 9.46. The van der Waals surface area contributed by atoms with E-state index in [1.807, 2.05) is 6.07 Å². The highest BCUT2D eigenvalue weighted by Gasteiger charge is 2.14. The van der Waals surface area contributed by atoms with E-state index in [2.05, 4.69) is 5.32 Å². The van der Waals surface area contributed by atoms with Gasteiger partial charge in [-0.2, -0.15) is 5.26 Å². The summed E-state index contributed by atoms with van der Waals surface area (Å²) in [7, 11) is 0. The molecule has 0 aliphatic carbocycles. The van der Waals surface area contributed by atoms with E-state index >= 15 is 0 Å². The molecule has 0 bridgehead atoms. The van der Waals surface area contributed by atoms with Crippen molar-refractivity contribution < 1.29 is 23.7 Å². The van der Waals surface area contributed by atoms with E-state index < -0.39 is 16.8 Å². The number of nitriles is 1. The SMILES string of the molecule is CCOC(=O)c1ccc(NC(=O)C(C#N)=Cc2ccc(-c3cccc([N+](=O)[O-])c3)o2)cc1. The molecule has 2 aromatic carbocycles. The largest absolute Gasteiger partial charge is 0.462 e. The molecule has 32 heavy (non-hydrogen) atoms. The number of carbonyl (C=O) groups is 2. The van der Waals surface area contributed by atoms with Gasteiger partial charge in [0.15, 0.2) is 0 Å². The molecule has 0 aliphatic heterocycles. The summed E-state index contributed by atoms with van der Waals surface area (Å²) in [6.07, 6.45) is 1.27. The number of nitro benzene ring substituents is 1. The van der Waals surface area contributed by atoms with Crippen molar-refractivity contribution in [2.75, 3.05) is 11.9 Å². The van der Waals surface area contributed by atoms with Gasteiger partial charge in [0.05, 0.1) is 17.1 Å². The lowest BCUT2D eigenvalue weighted by molar-refractivity contribution is -0.384. The Bertz CT molecular complexity index is 1240. The van der Waals surface area contributed by atoms with Crippen LogP contribution in [0.5, 0.6) is 0 Å². The van der Waals surface area contributed by atoms with Gasteiger partial charge in [-0.1, -0.05) is 12.1 Å². The van der Waals surface area contributed by atoms with E-state index in [9.17, 15) is 25.0 Å². The van der Waals surface area contributed by atoms with Crippen LogP contribution >= 0.6 is 0 Å². The summed E-state index contributed by atoms with van der Waals surface area (Å²) in [5.41, 5.74) is 0.927. The summed E-state index contributed by atoms with van der Waals surface area (Å²) < 4.78 is 10.5. The average Bonchev–Trinajstić information content (AvgIpc) is 3.27. The lowest BCUT2D eigenvalue weighted by Crippen LogP contribution is -2.13. The highest BCUT2D eigenvalue weighted by atomic mass is 16.6. The maximum Gasteiger partial charge on any atom is 0.338 e. The second kappa shape index (κ2) is 9.86. The smallest absolute Gasteiger partial charge is 0.338 e. The van der Waals surface area contributed by atoms with Crippen molar-refractivity contribution in [3.05, 3.63) is 87.7 Å². The van der Waals surface area contributed by atoms with Gasteiger partial charge in [-0.3, -0.25) is 14.9 Å². The summed E-state index contributed by atoms with van der Waals surface area (Å²) in [5.74, 6) is -0.548. The Hall–Kier alpha value is -4.71. The van der Waals surface area contributed by atoms with Crippen LogP contribution < -0.4 is 5.32 Å². The molecule has 3 rings (SSSR count). The Kier molecular flexibility index (Phi) is 6.78. The monoisotopic (exact) mass is 431 g/mol. The highest BCUT2D eigenvalue weighted by Crippen LogP contribution is 2.26. The van der Waals surface area contributed by atoms with Gasteiger partial charge in [0.25, 0.3) is 11.6 Å². The van der Waals surface area contributed by atoms with Crippen LogP contribution in [0.2, 0.25) is 0 Å². The van der Waals surface area contributed by atoms with Gasteiger partial charge in [-0.15, -0.1) is 0 Å². The number of nitrogens with one attached hydrogen (secondary N) is 1. The van der Waals surface area contributed by atoms with E-state index in [0.717, 1.165) is 0 Å². The predicted molar refractivity (Wildman–Crippen MR) is 115 cm³/mol. The Morgan fingerprint density at radius 3 is 2.59 bits per heavy atom. The van der Waals surface area contributed by atoms with Gasteiger partial charge in [0.1, 0.15) is 23.2 Å². The van der Waals surface area contributed by atoms with Crippen LogP contribution in [-0.4, -0.2) is 23.4 Å². The molecule has 9 heteroatoms. The van der Waals surface area contributed by atoms with Gasteiger partial charge < -0.3 is 14.5 Å². The third-order valence-corrected chi connectivity index (χ3v) is 4.27. The fourth-order valence-corrected chi connectivity index (χ4v) is 2.75. The second-order valence-corrected chi connectivity index (χ2v) is 6.43. The van der Waals surface area contributed by atoms with Gasteiger partial charge in [-0.05, 0) is 43.3 Å². The summed E-state index contributed by atoms with van der Waals surface area (Å²) in [4.78, 5) is 34.6. The standard InChI is InChI=1S/C23H17N3O6/c1-2-31-23(28)15-6-8-18(9-7-15)25-22(27)17(14-24)13-20-10-11-21(32-20)16-4-3-5-19(12-16)26(29)30/h3-13H,2H2,1H3,(H,25,27). The number of anilines is 1. The second-order valence-electron chi connectivity index (χ2n) is 6.43. The number of nitro groups is 1. The number of non-ortho nitro benzene ring substituents is 1. The van der Waals surface area contributed by atoms with Crippen molar-refractivity contribution >= 4 is 29.3 Å². The van der Waals surface area contributed by atoms with Crippen LogP contribution in [0.15, 0.2) is 70.7 Å². The summed E-state index contributed by atoms with van der Waals surface area (Å²) in [6.45, 7) is 1.96. The predicted octanol–water partition coefficient (Wildman–Crippen LogP) is 4.58. The Labute approximate surface area is 182 Å². The topological polar surface area (TPSA) is 135 Å². The number of esters is 1. The first-order chi connectivity index (χ1) is 15.4. The Morgan fingerprint density at radius 2 is 1.94 bits per heavy atom. The van der Waals surface area contributed by atoms with E-state index in [4.69, 9.17) is 9.15 Å². The van der Waals surface area contributed by atoms with Crippen molar-refractivity contribution in [3.8, 4) is 17.4 Å². The van der Waals surface area contributed by atoms with Crippen LogP contribution in [-0.2, 0) is 9.53 Å². The molecule has 0 unspecified atom stereocenters. The van der Waals surface area contributed by atoms with Crippen molar-refractivity contribution in [2.24, 2.45) is 0 Å². The summed E-state index contributed by atoms with van der Waals surface area (Å²) >= 11 is 0. The zero-order chi connectivity index (χ0) is 23.1. The number of rotatable bonds is 7. The van der Waals surface area contributed by atoms with Crippen molar-refractivity contribution in [1.82, 2.24) is 0 Å². The molecule has 3 aromatic rings. The van der Waals surface area contributed by atoms with Crippen molar-refractivity contribution in [3.63, 3.8) is 0 Å². The van der Waals surface area contributed by atoms with Gasteiger partial charge >= 0.3 is 5.97 Å². The van der Waals surface area contributed by atoms with E-state index in [-0.39, 0.29) is 23.6 Å².